The Morgan fingerprint density at radius 2 is 2.00 bits per heavy atom. The normalized spacial score (nSPS) is 11.9. The highest BCUT2D eigenvalue weighted by Gasteiger charge is 2.15. The molecule has 0 amide bonds. The molecule has 0 spiro atoms. The van der Waals surface area contributed by atoms with Crippen LogP contribution in [0.2, 0.25) is 5.02 Å². The Bertz CT molecular complexity index is 1080. The van der Waals surface area contributed by atoms with E-state index in [2.05, 4.69) is 16.5 Å². The van der Waals surface area contributed by atoms with E-state index >= 15 is 0 Å². The first-order chi connectivity index (χ1) is 12.8. The number of sulfonamides is 1. The Kier molecular flexibility index (Phi) is 5.74. The van der Waals surface area contributed by atoms with Crippen LogP contribution in [-0.4, -0.2) is 18.0 Å². The summed E-state index contributed by atoms with van der Waals surface area (Å²) in [6, 6.07) is 10.2. The molecular weight excluding hydrogens is 386 g/mol. The van der Waals surface area contributed by atoms with Gasteiger partial charge in [0.25, 0.3) is 0 Å². The number of fused-ring (bicyclic) bond motifs is 1. The molecule has 1 heterocycles. The Labute approximate surface area is 164 Å². The summed E-state index contributed by atoms with van der Waals surface area (Å²) >= 11 is 6.05. The van der Waals surface area contributed by atoms with Gasteiger partial charge < -0.3 is 9.30 Å². The van der Waals surface area contributed by atoms with Crippen LogP contribution in [0.15, 0.2) is 41.3 Å². The molecule has 3 rings (SSSR count). The number of primary sulfonamides is 1. The molecule has 0 saturated carbocycles. The summed E-state index contributed by atoms with van der Waals surface area (Å²) in [6.45, 7) is 5.08. The second kappa shape index (κ2) is 7.88. The molecule has 0 bridgehead atoms. The van der Waals surface area contributed by atoms with Crippen molar-refractivity contribution in [3.8, 4) is 5.75 Å². The third kappa shape index (κ3) is 4.43. The van der Waals surface area contributed by atoms with E-state index < -0.39 is 10.0 Å². The van der Waals surface area contributed by atoms with Crippen LogP contribution >= 0.6 is 11.6 Å². The van der Waals surface area contributed by atoms with E-state index in [1.165, 1.54) is 12.1 Å². The number of nitrogens with two attached hydrogens (primary N) is 1. The van der Waals surface area contributed by atoms with E-state index in [4.69, 9.17) is 21.5 Å². The van der Waals surface area contributed by atoms with E-state index in [0.717, 1.165) is 36.3 Å². The Hall–Kier alpha value is -2.09. The minimum absolute atomic E-state index is 0.0518. The lowest BCUT2D eigenvalue weighted by Gasteiger charge is -2.11. The van der Waals surface area contributed by atoms with Gasteiger partial charge in [-0.15, -0.1) is 0 Å². The van der Waals surface area contributed by atoms with Gasteiger partial charge in [0.05, 0.1) is 15.9 Å². The van der Waals surface area contributed by atoms with Crippen molar-refractivity contribution < 1.29 is 13.2 Å². The first-order valence-electron chi connectivity index (χ1n) is 8.70. The van der Waals surface area contributed by atoms with Crippen molar-refractivity contribution in [2.24, 2.45) is 5.14 Å². The summed E-state index contributed by atoms with van der Waals surface area (Å²) in [6.07, 6.45) is 2.01. The molecule has 0 saturated heterocycles. The van der Waals surface area contributed by atoms with Gasteiger partial charge in [0.1, 0.15) is 18.2 Å². The van der Waals surface area contributed by atoms with Crippen molar-refractivity contribution in [1.82, 2.24) is 9.55 Å². The molecule has 3 aromatic rings. The second-order valence-electron chi connectivity index (χ2n) is 6.43. The number of imidazole rings is 1. The van der Waals surface area contributed by atoms with Gasteiger partial charge in [-0.3, -0.25) is 0 Å². The molecule has 2 aromatic carbocycles. The van der Waals surface area contributed by atoms with E-state index in [0.29, 0.717) is 16.3 Å². The Morgan fingerprint density at radius 3 is 2.67 bits per heavy atom. The summed E-state index contributed by atoms with van der Waals surface area (Å²) < 4.78 is 31.2. The predicted octanol–water partition coefficient (Wildman–Crippen LogP) is 4.02. The highest BCUT2D eigenvalue weighted by molar-refractivity contribution is 7.89. The monoisotopic (exact) mass is 407 g/mol. The lowest BCUT2D eigenvalue weighted by Crippen LogP contribution is -2.11. The van der Waals surface area contributed by atoms with Crippen molar-refractivity contribution in [3.63, 3.8) is 0 Å². The molecule has 0 aliphatic carbocycles. The van der Waals surface area contributed by atoms with Crippen LogP contribution in [0.5, 0.6) is 5.75 Å². The zero-order chi connectivity index (χ0) is 19.6. The van der Waals surface area contributed by atoms with Crippen LogP contribution in [-0.2, 0) is 23.2 Å². The smallest absolute Gasteiger partial charge is 0.238 e. The van der Waals surface area contributed by atoms with Crippen LogP contribution in [0, 0.1) is 6.92 Å². The van der Waals surface area contributed by atoms with Crippen molar-refractivity contribution in [2.75, 3.05) is 0 Å². The Morgan fingerprint density at radius 1 is 1.22 bits per heavy atom. The summed E-state index contributed by atoms with van der Waals surface area (Å²) in [5.74, 6) is 1.44. The largest absolute Gasteiger partial charge is 0.486 e. The number of hydrogen-bond acceptors (Lipinski definition) is 4. The first-order valence-corrected chi connectivity index (χ1v) is 10.6. The molecule has 0 aliphatic rings. The zero-order valence-electron chi connectivity index (χ0n) is 15.3. The van der Waals surface area contributed by atoms with Gasteiger partial charge in [0.15, 0.2) is 0 Å². The van der Waals surface area contributed by atoms with E-state index in [1.54, 1.807) is 12.1 Å². The van der Waals surface area contributed by atoms with Gasteiger partial charge in [-0.2, -0.15) is 0 Å². The molecule has 2 N–H and O–H groups in total. The van der Waals surface area contributed by atoms with Gasteiger partial charge in [0, 0.05) is 11.6 Å². The molecule has 144 valence electrons. The molecule has 0 radical (unpaired) electrons. The molecule has 27 heavy (non-hydrogen) atoms. The number of rotatable bonds is 7. The summed E-state index contributed by atoms with van der Waals surface area (Å²) in [5, 5.41) is 5.92. The molecule has 0 atom stereocenters. The Balaban J connectivity index is 1.95. The van der Waals surface area contributed by atoms with Gasteiger partial charge in [-0.25, -0.2) is 18.5 Å². The maximum atomic E-state index is 11.6. The fraction of sp³-hybridized carbons (Fsp3) is 0.316. The standard InChI is InChI=1S/C19H22ClN3O3S/c1-3-4-9-23-18-8-6-15(27(21,24)25)11-17(18)22-19(23)12-26-14-5-7-16(20)13(2)10-14/h5-8,10-11H,3-4,9,12H2,1-2H3,(H2,21,24,25). The molecule has 1 aromatic heterocycles. The van der Waals surface area contributed by atoms with Crippen LogP contribution in [0.3, 0.4) is 0 Å². The third-order valence-corrected chi connectivity index (χ3v) is 5.69. The fourth-order valence-corrected chi connectivity index (χ4v) is 3.52. The topological polar surface area (TPSA) is 87.2 Å². The van der Waals surface area contributed by atoms with Gasteiger partial charge in [-0.05, 0) is 55.3 Å². The van der Waals surface area contributed by atoms with Crippen molar-refractivity contribution in [2.45, 2.75) is 44.7 Å². The van der Waals surface area contributed by atoms with E-state index in [1.807, 2.05) is 19.1 Å². The molecule has 8 heteroatoms. The molecule has 0 fully saturated rings. The molecule has 0 aliphatic heterocycles. The maximum absolute atomic E-state index is 11.6. The van der Waals surface area contributed by atoms with Crippen molar-refractivity contribution in [1.29, 1.82) is 0 Å². The number of unbranched alkanes of at least 4 members (excludes halogenated alkanes) is 1. The van der Waals surface area contributed by atoms with Crippen LogP contribution in [0.25, 0.3) is 11.0 Å². The van der Waals surface area contributed by atoms with Gasteiger partial charge >= 0.3 is 0 Å². The minimum atomic E-state index is -3.77. The first kappa shape index (κ1) is 19.7. The average molecular weight is 408 g/mol. The number of halogens is 1. The highest BCUT2D eigenvalue weighted by atomic mass is 35.5. The lowest BCUT2D eigenvalue weighted by molar-refractivity contribution is 0.289. The summed E-state index contributed by atoms with van der Waals surface area (Å²) in [5.41, 5.74) is 2.39. The molecular formula is C19H22ClN3O3S. The number of nitrogens with zero attached hydrogens (tertiary/aromatic N) is 2. The lowest BCUT2D eigenvalue weighted by atomic mass is 10.2. The van der Waals surface area contributed by atoms with Crippen LogP contribution in [0.4, 0.5) is 0 Å². The van der Waals surface area contributed by atoms with Gasteiger partial charge in [-0.1, -0.05) is 24.9 Å². The molecule has 0 unspecified atom stereocenters. The highest BCUT2D eigenvalue weighted by Crippen LogP contribution is 2.24. The number of benzene rings is 2. The quantitative estimate of drug-likeness (QED) is 0.640. The third-order valence-electron chi connectivity index (χ3n) is 4.36. The number of aromatic nitrogens is 2. The van der Waals surface area contributed by atoms with E-state index in [9.17, 15) is 8.42 Å². The number of ether oxygens (including phenoxy) is 1. The van der Waals surface area contributed by atoms with E-state index in [-0.39, 0.29) is 11.5 Å². The van der Waals surface area contributed by atoms with Crippen molar-refractivity contribution in [3.05, 3.63) is 52.8 Å². The summed E-state index contributed by atoms with van der Waals surface area (Å²) in [4.78, 5) is 4.64. The second-order valence-corrected chi connectivity index (χ2v) is 8.40. The van der Waals surface area contributed by atoms with Crippen LogP contribution < -0.4 is 9.88 Å². The zero-order valence-corrected chi connectivity index (χ0v) is 16.8. The van der Waals surface area contributed by atoms with Crippen molar-refractivity contribution >= 4 is 32.7 Å². The molecule has 6 nitrogen and oxygen atoms in total. The number of hydrogen-bond donors (Lipinski definition) is 1. The average Bonchev–Trinajstić information content (AvgIpc) is 2.97. The number of aryl methyl sites for hydroxylation is 2. The predicted molar refractivity (Wildman–Crippen MR) is 107 cm³/mol. The van der Waals surface area contributed by atoms with Crippen LogP contribution in [0.1, 0.15) is 31.2 Å². The van der Waals surface area contributed by atoms with Gasteiger partial charge in [0.2, 0.25) is 10.0 Å². The summed E-state index contributed by atoms with van der Waals surface area (Å²) in [7, 11) is -3.77. The minimum Gasteiger partial charge on any atom is -0.486 e. The fourth-order valence-electron chi connectivity index (χ4n) is 2.87. The maximum Gasteiger partial charge on any atom is 0.238 e. The SMILES string of the molecule is CCCCn1c(COc2ccc(Cl)c(C)c2)nc2cc(S(N)(=O)=O)ccc21.